The molecule has 2 heteroatoms. The van der Waals surface area contributed by atoms with Crippen molar-refractivity contribution >= 4 is 18.5 Å². The fraction of sp³-hybridized carbons (Fsp3) is 1.00. The van der Waals surface area contributed by atoms with E-state index in [1.54, 1.807) is 0 Å². The van der Waals surface area contributed by atoms with E-state index < -0.39 is 0 Å². The summed E-state index contributed by atoms with van der Waals surface area (Å²) in [5, 5.41) is 0. The molecule has 0 amide bonds. The number of hydrogen-bond acceptors (Lipinski definition) is 0. The number of rotatable bonds is 10. The highest BCUT2D eigenvalue weighted by molar-refractivity contribution is 7.17. The van der Waals surface area contributed by atoms with Gasteiger partial charge in [0, 0.05) is 0 Å². The van der Waals surface area contributed by atoms with Crippen molar-refractivity contribution in [1.82, 2.24) is 0 Å². The zero-order valence-electron chi connectivity index (χ0n) is 12.4. The van der Waals surface area contributed by atoms with Gasteiger partial charge >= 0.3 is 0 Å². The third kappa shape index (κ3) is 6.86. The summed E-state index contributed by atoms with van der Waals surface area (Å²) in [6, 6.07) is 0. The minimum Gasteiger partial charge on any atom is -0.137 e. The lowest BCUT2D eigenvalue weighted by molar-refractivity contribution is 0.439. The largest absolute Gasteiger partial charge is 0.137 e. The molecule has 1 rings (SSSR count). The van der Waals surface area contributed by atoms with Gasteiger partial charge in [-0.05, 0) is 42.9 Å². The van der Waals surface area contributed by atoms with Crippen LogP contribution in [0, 0.1) is 11.8 Å². The van der Waals surface area contributed by atoms with E-state index in [1.807, 2.05) is 0 Å². The van der Waals surface area contributed by atoms with E-state index in [0.29, 0.717) is 0 Å². The van der Waals surface area contributed by atoms with Crippen LogP contribution < -0.4 is 0 Å². The van der Waals surface area contributed by atoms with Crippen LogP contribution in [0.15, 0.2) is 0 Å². The van der Waals surface area contributed by atoms with Crippen LogP contribution in [-0.4, -0.2) is 11.8 Å². The molecule has 0 nitrogen and oxygen atoms in total. The predicted molar refractivity (Wildman–Crippen MR) is 91.5 cm³/mol. The lowest BCUT2D eigenvalue weighted by atomic mass is 9.96. The van der Waals surface area contributed by atoms with Crippen molar-refractivity contribution in [3.8, 4) is 0 Å². The van der Waals surface area contributed by atoms with Crippen molar-refractivity contribution in [3.05, 3.63) is 0 Å². The zero-order valence-corrected chi connectivity index (χ0v) is 14.7. The summed E-state index contributed by atoms with van der Waals surface area (Å²) in [4.78, 5) is 0. The Labute approximate surface area is 120 Å². The standard InChI is InChI=1S/C16H34P2/c1-2-8-14(13-17)9-5-3-4-6-10-15-11-7-12-16(15)18/h14-16H,2-13,17-18H2,1H3. The lowest BCUT2D eigenvalue weighted by Gasteiger charge is -2.15. The SMILES string of the molecule is CCCC(CP)CCCCCCC1CCCC1P. The highest BCUT2D eigenvalue weighted by Gasteiger charge is 2.22. The predicted octanol–water partition coefficient (Wildman–Crippen LogP) is 5.66. The highest BCUT2D eigenvalue weighted by Crippen LogP contribution is 2.35. The van der Waals surface area contributed by atoms with Crippen molar-refractivity contribution < 1.29 is 0 Å². The van der Waals surface area contributed by atoms with E-state index in [4.69, 9.17) is 0 Å². The third-order valence-electron chi connectivity index (χ3n) is 4.69. The minimum atomic E-state index is 0.941. The minimum absolute atomic E-state index is 0.941. The van der Waals surface area contributed by atoms with Gasteiger partial charge < -0.3 is 0 Å². The van der Waals surface area contributed by atoms with E-state index >= 15 is 0 Å². The second kappa shape index (κ2) is 10.6. The van der Waals surface area contributed by atoms with Gasteiger partial charge in [0.05, 0.1) is 0 Å². The van der Waals surface area contributed by atoms with Gasteiger partial charge in [-0.2, -0.15) is 0 Å². The number of unbranched alkanes of at least 4 members (excludes halogenated alkanes) is 3. The van der Waals surface area contributed by atoms with Gasteiger partial charge in [0.25, 0.3) is 0 Å². The Bertz CT molecular complexity index is 194. The van der Waals surface area contributed by atoms with Gasteiger partial charge in [-0.25, -0.2) is 0 Å². The first-order valence-electron chi connectivity index (χ1n) is 8.23. The molecule has 0 aromatic rings. The van der Waals surface area contributed by atoms with Gasteiger partial charge in [0.1, 0.15) is 0 Å². The van der Waals surface area contributed by atoms with E-state index in [0.717, 1.165) is 17.5 Å². The third-order valence-corrected chi connectivity index (χ3v) is 6.23. The maximum Gasteiger partial charge on any atom is -0.0236 e. The second-order valence-electron chi connectivity index (χ2n) is 6.24. The molecule has 0 aromatic heterocycles. The normalized spacial score (nSPS) is 25.5. The van der Waals surface area contributed by atoms with Crippen LogP contribution in [0.25, 0.3) is 0 Å². The molecule has 0 aliphatic heterocycles. The molecule has 5 atom stereocenters. The molecule has 108 valence electrons. The van der Waals surface area contributed by atoms with Crippen LogP contribution in [-0.2, 0) is 0 Å². The Hall–Kier alpha value is 0.860. The molecule has 0 saturated heterocycles. The summed E-state index contributed by atoms with van der Waals surface area (Å²) in [6.45, 7) is 2.31. The maximum absolute atomic E-state index is 3.07. The molecular weight excluding hydrogens is 254 g/mol. The second-order valence-corrected chi connectivity index (χ2v) is 7.56. The summed E-state index contributed by atoms with van der Waals surface area (Å²) in [5.41, 5.74) is 0.941. The lowest BCUT2D eigenvalue weighted by Crippen LogP contribution is -2.05. The van der Waals surface area contributed by atoms with Gasteiger partial charge in [-0.1, -0.05) is 58.3 Å². The average Bonchev–Trinajstić information content (AvgIpc) is 2.78. The molecule has 0 spiro atoms. The summed E-state index contributed by atoms with van der Waals surface area (Å²) >= 11 is 0. The smallest absolute Gasteiger partial charge is 0.0236 e. The molecule has 1 fully saturated rings. The Balaban J connectivity index is 1.92. The van der Waals surface area contributed by atoms with Crippen molar-refractivity contribution in [2.45, 2.75) is 83.2 Å². The van der Waals surface area contributed by atoms with Gasteiger partial charge in [-0.15, -0.1) is 18.5 Å². The molecule has 0 N–H and O–H groups in total. The van der Waals surface area contributed by atoms with E-state index in [9.17, 15) is 0 Å². The first-order valence-corrected chi connectivity index (χ1v) is 9.71. The first-order chi connectivity index (χ1) is 8.77. The monoisotopic (exact) mass is 288 g/mol. The highest BCUT2D eigenvalue weighted by atomic mass is 31.0. The maximum atomic E-state index is 3.07. The molecular formula is C16H34P2. The van der Waals surface area contributed by atoms with Gasteiger partial charge in [0.15, 0.2) is 0 Å². The van der Waals surface area contributed by atoms with Crippen molar-refractivity contribution in [2.24, 2.45) is 11.8 Å². The summed E-state index contributed by atoms with van der Waals surface area (Å²) in [7, 11) is 6.00. The molecule has 18 heavy (non-hydrogen) atoms. The molecule has 0 aromatic carbocycles. The van der Waals surface area contributed by atoms with E-state index in [-0.39, 0.29) is 0 Å². The van der Waals surface area contributed by atoms with Gasteiger partial charge in [0.2, 0.25) is 0 Å². The van der Waals surface area contributed by atoms with Crippen LogP contribution in [0.2, 0.25) is 0 Å². The summed E-state index contributed by atoms with van der Waals surface area (Å²) < 4.78 is 0. The Morgan fingerprint density at radius 3 is 2.44 bits per heavy atom. The molecule has 0 heterocycles. The number of hydrogen-bond donors (Lipinski definition) is 0. The molecule has 5 unspecified atom stereocenters. The van der Waals surface area contributed by atoms with Gasteiger partial charge in [-0.3, -0.25) is 0 Å². The fourth-order valence-corrected chi connectivity index (χ4v) is 4.50. The van der Waals surface area contributed by atoms with E-state index in [1.165, 1.54) is 76.8 Å². The van der Waals surface area contributed by atoms with Crippen LogP contribution >= 0.6 is 18.5 Å². The quantitative estimate of drug-likeness (QED) is 0.359. The van der Waals surface area contributed by atoms with Crippen LogP contribution in [0.1, 0.15) is 77.6 Å². The molecule has 0 bridgehead atoms. The first kappa shape index (κ1) is 16.9. The molecule has 0 radical (unpaired) electrons. The van der Waals surface area contributed by atoms with Crippen LogP contribution in [0.4, 0.5) is 0 Å². The van der Waals surface area contributed by atoms with Crippen LogP contribution in [0.5, 0.6) is 0 Å². The van der Waals surface area contributed by atoms with Crippen molar-refractivity contribution in [3.63, 3.8) is 0 Å². The molecule has 1 saturated carbocycles. The zero-order chi connectivity index (χ0) is 13.2. The summed E-state index contributed by atoms with van der Waals surface area (Å²) in [6.07, 6.45) is 17.4. The molecule has 1 aliphatic rings. The summed E-state index contributed by atoms with van der Waals surface area (Å²) in [5.74, 6) is 2.01. The van der Waals surface area contributed by atoms with E-state index in [2.05, 4.69) is 25.4 Å². The van der Waals surface area contributed by atoms with Crippen molar-refractivity contribution in [1.29, 1.82) is 0 Å². The Morgan fingerprint density at radius 1 is 1.06 bits per heavy atom. The Morgan fingerprint density at radius 2 is 1.83 bits per heavy atom. The van der Waals surface area contributed by atoms with Crippen molar-refractivity contribution in [2.75, 3.05) is 6.16 Å². The topological polar surface area (TPSA) is 0 Å². The molecule has 1 aliphatic carbocycles. The fourth-order valence-electron chi connectivity index (χ4n) is 3.41. The van der Waals surface area contributed by atoms with Crippen LogP contribution in [0.3, 0.4) is 0 Å². The average molecular weight is 288 g/mol. The Kier molecular flexibility index (Phi) is 9.98.